The first-order chi connectivity index (χ1) is 18.1. The van der Waals surface area contributed by atoms with E-state index in [2.05, 4.69) is 69.9 Å². The minimum atomic E-state index is 0.0613. The van der Waals surface area contributed by atoms with Crippen LogP contribution < -0.4 is 0 Å². The number of aromatic nitrogens is 2. The van der Waals surface area contributed by atoms with Crippen LogP contribution in [0.4, 0.5) is 5.69 Å². The van der Waals surface area contributed by atoms with E-state index in [-0.39, 0.29) is 5.41 Å². The fourth-order valence-corrected chi connectivity index (χ4v) is 5.65. The Hall–Kier alpha value is -3.46. The number of imidazole rings is 1. The van der Waals surface area contributed by atoms with Crippen LogP contribution in [0.15, 0.2) is 72.8 Å². The van der Waals surface area contributed by atoms with Gasteiger partial charge in [-0.15, -0.1) is 0 Å². The van der Waals surface area contributed by atoms with Crippen LogP contribution in [0.25, 0.3) is 27.0 Å². The summed E-state index contributed by atoms with van der Waals surface area (Å²) in [7, 11) is 2.21. The first-order valence-electron chi connectivity index (χ1n) is 13.4. The van der Waals surface area contributed by atoms with Gasteiger partial charge in [-0.1, -0.05) is 60.7 Å². The second kappa shape index (κ2) is 10.1. The highest BCUT2D eigenvalue weighted by molar-refractivity contribution is 5.83. The lowest BCUT2D eigenvalue weighted by Crippen LogP contribution is -2.43. The van der Waals surface area contributed by atoms with E-state index >= 15 is 0 Å². The largest absolute Gasteiger partial charge is 0.373 e. The van der Waals surface area contributed by atoms with Gasteiger partial charge in [-0.05, 0) is 80.6 Å². The lowest BCUT2D eigenvalue weighted by Gasteiger charge is -2.41. The number of ether oxygens (including phenoxy) is 1. The van der Waals surface area contributed by atoms with Crippen molar-refractivity contribution in [3.05, 3.63) is 95.6 Å². The molecule has 5 heteroatoms. The van der Waals surface area contributed by atoms with Crippen molar-refractivity contribution in [2.24, 2.45) is 5.92 Å². The van der Waals surface area contributed by atoms with Gasteiger partial charge in [0.05, 0.1) is 24.2 Å². The molecule has 1 saturated carbocycles. The number of hydrogen-bond donors (Lipinski definition) is 0. The van der Waals surface area contributed by atoms with Crippen molar-refractivity contribution in [2.75, 3.05) is 26.7 Å². The number of fused-ring (bicyclic) bond motifs is 1. The van der Waals surface area contributed by atoms with Gasteiger partial charge in [0.2, 0.25) is 0 Å². The Morgan fingerprint density at radius 3 is 2.41 bits per heavy atom. The number of likely N-dealkylation sites (tertiary alicyclic amines) is 1. The average molecular weight is 491 g/mol. The molecule has 6 rings (SSSR count). The van der Waals surface area contributed by atoms with Crippen molar-refractivity contribution < 1.29 is 4.74 Å². The van der Waals surface area contributed by atoms with E-state index in [0.29, 0.717) is 12.3 Å². The molecule has 0 amide bonds. The summed E-state index contributed by atoms with van der Waals surface area (Å²) in [5, 5.41) is 0. The maximum absolute atomic E-state index is 7.20. The van der Waals surface area contributed by atoms with E-state index < -0.39 is 0 Å². The lowest BCUT2D eigenvalue weighted by atomic mass is 9.73. The van der Waals surface area contributed by atoms with Crippen LogP contribution in [0.2, 0.25) is 0 Å². The molecule has 0 spiro atoms. The van der Waals surface area contributed by atoms with Crippen molar-refractivity contribution in [1.82, 2.24) is 14.5 Å². The van der Waals surface area contributed by atoms with Crippen molar-refractivity contribution in [1.29, 1.82) is 0 Å². The lowest BCUT2D eigenvalue weighted by molar-refractivity contribution is 0.0368. The van der Waals surface area contributed by atoms with Gasteiger partial charge in [0.15, 0.2) is 5.69 Å². The van der Waals surface area contributed by atoms with E-state index in [0.717, 1.165) is 67.5 Å². The summed E-state index contributed by atoms with van der Waals surface area (Å²) in [6.07, 6.45) is 4.83. The van der Waals surface area contributed by atoms with Crippen molar-refractivity contribution in [3.8, 4) is 11.1 Å². The predicted octanol–water partition coefficient (Wildman–Crippen LogP) is 6.84. The van der Waals surface area contributed by atoms with Crippen molar-refractivity contribution in [3.63, 3.8) is 0 Å². The number of rotatable bonds is 8. The summed E-state index contributed by atoms with van der Waals surface area (Å²) >= 11 is 0. The molecular weight excluding hydrogens is 456 g/mol. The van der Waals surface area contributed by atoms with Gasteiger partial charge in [-0.3, -0.25) is 0 Å². The molecule has 5 nitrogen and oxygen atoms in total. The molecule has 4 aromatic rings. The summed E-state index contributed by atoms with van der Waals surface area (Å²) in [5.74, 6) is 1.78. The Bertz CT molecular complexity index is 1410. The molecule has 188 valence electrons. The molecule has 2 fully saturated rings. The second-order valence-corrected chi connectivity index (χ2v) is 10.9. The number of hydrogen-bond acceptors (Lipinski definition) is 3. The molecule has 1 aliphatic heterocycles. The highest BCUT2D eigenvalue weighted by atomic mass is 16.5. The first-order valence-corrected chi connectivity index (χ1v) is 13.4. The summed E-state index contributed by atoms with van der Waals surface area (Å²) in [6.45, 7) is 11.7. The SMILES string of the molecule is [C-]#[N+]c1ccc(-c2ccc3c(c2)nc(COCC2(c4ccccc4)CCN(C)CC2)n3CC2CC2)cc1. The molecule has 2 heterocycles. The summed E-state index contributed by atoms with van der Waals surface area (Å²) < 4.78 is 8.93. The van der Waals surface area contributed by atoms with Gasteiger partial charge < -0.3 is 14.2 Å². The van der Waals surface area contributed by atoms with Crippen LogP contribution in [0.5, 0.6) is 0 Å². The third-order valence-electron chi connectivity index (χ3n) is 8.23. The Kier molecular flexibility index (Phi) is 6.54. The molecule has 0 bridgehead atoms. The van der Waals surface area contributed by atoms with Crippen LogP contribution in [0, 0.1) is 12.5 Å². The van der Waals surface area contributed by atoms with Gasteiger partial charge in [0.1, 0.15) is 12.4 Å². The van der Waals surface area contributed by atoms with E-state index in [1.165, 1.54) is 23.9 Å². The fourth-order valence-electron chi connectivity index (χ4n) is 5.65. The summed E-state index contributed by atoms with van der Waals surface area (Å²) in [4.78, 5) is 11.0. The predicted molar refractivity (Wildman–Crippen MR) is 149 cm³/mol. The topological polar surface area (TPSA) is 34.6 Å². The molecular formula is C32H34N4O. The Labute approximate surface area is 219 Å². The molecule has 0 N–H and O–H groups in total. The highest BCUT2D eigenvalue weighted by Crippen LogP contribution is 2.37. The van der Waals surface area contributed by atoms with Crippen LogP contribution >= 0.6 is 0 Å². The molecule has 0 unspecified atom stereocenters. The van der Waals surface area contributed by atoms with Crippen LogP contribution in [0.3, 0.4) is 0 Å². The van der Waals surface area contributed by atoms with E-state index in [1.807, 2.05) is 24.3 Å². The summed E-state index contributed by atoms with van der Waals surface area (Å²) in [6, 6.07) is 25.3. The third kappa shape index (κ3) is 5.05. The number of benzene rings is 3. The van der Waals surface area contributed by atoms with E-state index in [9.17, 15) is 0 Å². The Morgan fingerprint density at radius 1 is 0.973 bits per heavy atom. The van der Waals surface area contributed by atoms with Gasteiger partial charge >= 0.3 is 0 Å². The molecule has 1 aliphatic carbocycles. The number of nitrogens with zero attached hydrogens (tertiary/aromatic N) is 4. The Balaban J connectivity index is 1.25. The van der Waals surface area contributed by atoms with Crippen molar-refractivity contribution in [2.45, 2.75) is 44.2 Å². The van der Waals surface area contributed by atoms with Crippen molar-refractivity contribution >= 4 is 16.7 Å². The van der Waals surface area contributed by atoms with Crippen LogP contribution in [0.1, 0.15) is 37.1 Å². The van der Waals surface area contributed by atoms with Crippen LogP contribution in [-0.4, -0.2) is 41.2 Å². The normalized spacial score (nSPS) is 17.6. The summed E-state index contributed by atoms with van der Waals surface area (Å²) in [5.41, 5.74) is 6.55. The molecule has 0 radical (unpaired) electrons. The minimum absolute atomic E-state index is 0.0613. The molecule has 0 atom stereocenters. The molecule has 2 aliphatic rings. The monoisotopic (exact) mass is 490 g/mol. The van der Waals surface area contributed by atoms with Gasteiger partial charge in [-0.2, -0.15) is 0 Å². The quantitative estimate of drug-likeness (QED) is 0.254. The minimum Gasteiger partial charge on any atom is -0.373 e. The maximum atomic E-state index is 7.20. The molecule has 1 aromatic heterocycles. The maximum Gasteiger partial charge on any atom is 0.187 e. The highest BCUT2D eigenvalue weighted by Gasteiger charge is 2.36. The van der Waals surface area contributed by atoms with E-state index in [1.54, 1.807) is 0 Å². The standard InChI is InChI=1S/C32H34N4O/c1-33-28-13-10-25(11-14-28)26-12-15-30-29(20-26)34-31(36(30)21-24-8-9-24)22-37-23-32(16-18-35(2)19-17-32)27-6-4-3-5-7-27/h3-7,10-15,20,24H,8-9,16-19,21-23H2,2H3. The van der Waals surface area contributed by atoms with Gasteiger partial charge in [0, 0.05) is 12.0 Å². The molecule has 37 heavy (non-hydrogen) atoms. The number of piperidine rings is 1. The zero-order valence-electron chi connectivity index (χ0n) is 21.6. The smallest absolute Gasteiger partial charge is 0.187 e. The fraction of sp³-hybridized carbons (Fsp3) is 0.375. The Morgan fingerprint density at radius 2 is 1.70 bits per heavy atom. The third-order valence-corrected chi connectivity index (χ3v) is 8.23. The zero-order valence-corrected chi connectivity index (χ0v) is 21.6. The first kappa shape index (κ1) is 23.9. The molecule has 1 saturated heterocycles. The van der Waals surface area contributed by atoms with Gasteiger partial charge in [0.25, 0.3) is 0 Å². The second-order valence-electron chi connectivity index (χ2n) is 10.9. The van der Waals surface area contributed by atoms with E-state index in [4.69, 9.17) is 16.3 Å². The molecule has 3 aromatic carbocycles. The van der Waals surface area contributed by atoms with Crippen LogP contribution in [-0.2, 0) is 23.3 Å². The average Bonchev–Trinajstić information content (AvgIpc) is 3.71. The zero-order chi connectivity index (χ0) is 25.2. The van der Waals surface area contributed by atoms with Gasteiger partial charge in [-0.25, -0.2) is 9.83 Å².